The number of amides is 3. The van der Waals surface area contributed by atoms with Crippen molar-refractivity contribution in [3.8, 4) is 0 Å². The quantitative estimate of drug-likeness (QED) is 0.520. The zero-order valence-corrected chi connectivity index (χ0v) is 15.9. The Morgan fingerprint density at radius 3 is 2.48 bits per heavy atom. The highest BCUT2D eigenvalue weighted by Gasteiger charge is 2.10. The highest BCUT2D eigenvalue weighted by Crippen LogP contribution is 2.14. The average Bonchev–Trinajstić information content (AvgIpc) is 3.08. The maximum atomic E-state index is 12.0. The van der Waals surface area contributed by atoms with Gasteiger partial charge in [-0.25, -0.2) is 4.68 Å². The van der Waals surface area contributed by atoms with Crippen LogP contribution in [-0.4, -0.2) is 56.8 Å². The van der Waals surface area contributed by atoms with Gasteiger partial charge in [-0.15, -0.1) is 5.10 Å². The maximum Gasteiger partial charge on any atom is 0.251 e. The fourth-order valence-corrected chi connectivity index (χ4v) is 2.62. The highest BCUT2D eigenvalue weighted by molar-refractivity contribution is 7.99. The first-order valence-electron chi connectivity index (χ1n) is 8.29. The Morgan fingerprint density at radius 2 is 1.85 bits per heavy atom. The van der Waals surface area contributed by atoms with E-state index in [9.17, 15) is 14.4 Å². The number of aryl methyl sites for hydroxylation is 1. The van der Waals surface area contributed by atoms with Gasteiger partial charge in [-0.1, -0.05) is 18.7 Å². The van der Waals surface area contributed by atoms with Gasteiger partial charge in [-0.05, 0) is 41.1 Å². The molecule has 2 aromatic rings. The van der Waals surface area contributed by atoms with Gasteiger partial charge in [-0.2, -0.15) is 0 Å². The van der Waals surface area contributed by atoms with E-state index in [2.05, 4.69) is 31.5 Å². The molecule has 10 nitrogen and oxygen atoms in total. The number of rotatable bonds is 9. The molecule has 3 amide bonds. The van der Waals surface area contributed by atoms with Crippen LogP contribution >= 0.6 is 11.8 Å². The SMILES string of the molecule is CCCNC(=O)CNC(=O)c1ccc(NC(=O)CSc2nnnn2C)cc1. The lowest BCUT2D eigenvalue weighted by Gasteiger charge is -2.08. The van der Waals surface area contributed by atoms with Crippen LogP contribution in [-0.2, 0) is 16.6 Å². The van der Waals surface area contributed by atoms with Gasteiger partial charge in [0.25, 0.3) is 5.91 Å². The molecule has 27 heavy (non-hydrogen) atoms. The Hall–Kier alpha value is -2.95. The molecule has 144 valence electrons. The summed E-state index contributed by atoms with van der Waals surface area (Å²) in [6, 6.07) is 6.40. The molecule has 0 aliphatic carbocycles. The van der Waals surface area contributed by atoms with Crippen molar-refractivity contribution in [3.63, 3.8) is 0 Å². The van der Waals surface area contributed by atoms with E-state index in [0.717, 1.165) is 6.42 Å². The van der Waals surface area contributed by atoms with Crippen LogP contribution in [0.15, 0.2) is 29.4 Å². The molecule has 0 fully saturated rings. The molecule has 0 bridgehead atoms. The average molecular weight is 391 g/mol. The van der Waals surface area contributed by atoms with Gasteiger partial charge in [0.15, 0.2) is 0 Å². The largest absolute Gasteiger partial charge is 0.355 e. The first kappa shape index (κ1) is 20.4. The van der Waals surface area contributed by atoms with Crippen molar-refractivity contribution < 1.29 is 14.4 Å². The minimum Gasteiger partial charge on any atom is -0.355 e. The van der Waals surface area contributed by atoms with Crippen LogP contribution in [0.5, 0.6) is 0 Å². The summed E-state index contributed by atoms with van der Waals surface area (Å²) in [4.78, 5) is 35.5. The molecule has 3 N–H and O–H groups in total. The molecule has 0 unspecified atom stereocenters. The normalized spacial score (nSPS) is 10.3. The number of carbonyl (C=O) groups is 3. The number of hydrogen-bond acceptors (Lipinski definition) is 7. The summed E-state index contributed by atoms with van der Waals surface area (Å²) in [5.41, 5.74) is 0.963. The van der Waals surface area contributed by atoms with Gasteiger partial charge >= 0.3 is 0 Å². The van der Waals surface area contributed by atoms with E-state index in [4.69, 9.17) is 0 Å². The van der Waals surface area contributed by atoms with Crippen molar-refractivity contribution in [2.24, 2.45) is 7.05 Å². The van der Waals surface area contributed by atoms with Crippen molar-refractivity contribution in [1.29, 1.82) is 0 Å². The molecule has 0 radical (unpaired) electrons. The molecule has 0 aliphatic rings. The zero-order chi connectivity index (χ0) is 19.6. The van der Waals surface area contributed by atoms with E-state index in [1.807, 2.05) is 6.92 Å². The predicted octanol–water partition coefficient (Wildman–Crippen LogP) is 0.197. The zero-order valence-electron chi connectivity index (χ0n) is 15.1. The molecule has 1 heterocycles. The van der Waals surface area contributed by atoms with Gasteiger partial charge in [0.1, 0.15) is 0 Å². The van der Waals surface area contributed by atoms with Crippen LogP contribution in [0.1, 0.15) is 23.7 Å². The van der Waals surface area contributed by atoms with E-state index in [1.165, 1.54) is 16.4 Å². The van der Waals surface area contributed by atoms with Gasteiger partial charge in [-0.3, -0.25) is 14.4 Å². The van der Waals surface area contributed by atoms with Crippen molar-refractivity contribution >= 4 is 35.2 Å². The minimum absolute atomic E-state index is 0.0779. The van der Waals surface area contributed by atoms with Gasteiger partial charge < -0.3 is 16.0 Å². The lowest BCUT2D eigenvalue weighted by Crippen LogP contribution is -2.37. The smallest absolute Gasteiger partial charge is 0.251 e. The number of thioether (sulfide) groups is 1. The summed E-state index contributed by atoms with van der Waals surface area (Å²) in [5, 5.41) is 19.5. The number of aromatic nitrogens is 4. The number of hydrogen-bond donors (Lipinski definition) is 3. The van der Waals surface area contributed by atoms with Crippen LogP contribution in [0.4, 0.5) is 5.69 Å². The summed E-state index contributed by atoms with van der Waals surface area (Å²) < 4.78 is 1.48. The summed E-state index contributed by atoms with van der Waals surface area (Å²) in [5.74, 6) is -0.647. The molecular formula is C16H21N7O3S. The van der Waals surface area contributed by atoms with Crippen molar-refractivity contribution in [2.45, 2.75) is 18.5 Å². The summed E-state index contributed by atoms with van der Waals surface area (Å²) in [6.07, 6.45) is 0.834. The van der Waals surface area contributed by atoms with Gasteiger partial charge in [0.2, 0.25) is 17.0 Å². The van der Waals surface area contributed by atoms with Crippen molar-refractivity contribution in [2.75, 3.05) is 24.2 Å². The van der Waals surface area contributed by atoms with Crippen LogP contribution in [0.2, 0.25) is 0 Å². The number of anilines is 1. The topological polar surface area (TPSA) is 131 Å². The predicted molar refractivity (Wildman–Crippen MR) is 100 cm³/mol. The Bertz CT molecular complexity index is 792. The van der Waals surface area contributed by atoms with E-state index < -0.39 is 0 Å². The number of tetrazole rings is 1. The monoisotopic (exact) mass is 391 g/mol. The van der Waals surface area contributed by atoms with Crippen molar-refractivity contribution in [3.05, 3.63) is 29.8 Å². The molecule has 11 heteroatoms. The van der Waals surface area contributed by atoms with Gasteiger partial charge in [0.05, 0.1) is 12.3 Å². The Kier molecular flexibility index (Phi) is 7.74. The fourth-order valence-electron chi connectivity index (χ4n) is 1.97. The fraction of sp³-hybridized carbons (Fsp3) is 0.375. The summed E-state index contributed by atoms with van der Waals surface area (Å²) >= 11 is 1.22. The Morgan fingerprint density at radius 1 is 1.11 bits per heavy atom. The molecule has 0 saturated carbocycles. The Balaban J connectivity index is 1.78. The van der Waals surface area contributed by atoms with Crippen LogP contribution < -0.4 is 16.0 Å². The van der Waals surface area contributed by atoms with Crippen LogP contribution in [0.25, 0.3) is 0 Å². The summed E-state index contributed by atoms with van der Waals surface area (Å²) in [7, 11) is 1.69. The lowest BCUT2D eigenvalue weighted by molar-refractivity contribution is -0.120. The molecule has 2 rings (SSSR count). The first-order valence-corrected chi connectivity index (χ1v) is 9.28. The third-order valence-electron chi connectivity index (χ3n) is 3.33. The molecule has 1 aromatic heterocycles. The second-order valence-electron chi connectivity index (χ2n) is 5.53. The molecule has 1 aromatic carbocycles. The Labute approximate surface area is 160 Å². The molecular weight excluding hydrogens is 370 g/mol. The van der Waals surface area contributed by atoms with E-state index in [-0.39, 0.29) is 30.0 Å². The van der Waals surface area contributed by atoms with Crippen LogP contribution in [0.3, 0.4) is 0 Å². The number of benzene rings is 1. The second kappa shape index (κ2) is 10.3. The molecule has 0 spiro atoms. The van der Waals surface area contributed by atoms with E-state index in [1.54, 1.807) is 31.3 Å². The van der Waals surface area contributed by atoms with E-state index in [0.29, 0.717) is 23.0 Å². The third kappa shape index (κ3) is 6.70. The number of nitrogens with one attached hydrogen (secondary N) is 3. The van der Waals surface area contributed by atoms with Crippen molar-refractivity contribution in [1.82, 2.24) is 30.8 Å². The van der Waals surface area contributed by atoms with Gasteiger partial charge in [0, 0.05) is 24.8 Å². The van der Waals surface area contributed by atoms with E-state index >= 15 is 0 Å². The number of nitrogens with zero attached hydrogens (tertiary/aromatic N) is 4. The van der Waals surface area contributed by atoms with Crippen LogP contribution in [0, 0.1) is 0 Å². The highest BCUT2D eigenvalue weighted by atomic mass is 32.2. The first-order chi connectivity index (χ1) is 13.0. The lowest BCUT2D eigenvalue weighted by atomic mass is 10.2. The minimum atomic E-state index is -0.357. The molecule has 0 aliphatic heterocycles. The molecule has 0 atom stereocenters. The second-order valence-corrected chi connectivity index (χ2v) is 6.47. The number of carbonyl (C=O) groups excluding carboxylic acids is 3. The summed E-state index contributed by atoms with van der Waals surface area (Å²) in [6.45, 7) is 2.45. The molecule has 0 saturated heterocycles. The maximum absolute atomic E-state index is 12.0. The standard InChI is InChI=1S/C16H21N7O3S/c1-3-8-17-13(24)9-18-15(26)11-4-6-12(7-5-11)19-14(25)10-27-16-20-21-22-23(16)2/h4-7H,3,8-10H2,1-2H3,(H,17,24)(H,18,26)(H,19,25). The third-order valence-corrected chi connectivity index (χ3v) is 4.34.